The number of fused-ring (bicyclic) bond motifs is 1. The SMILES string of the molecule is CN(C)C/C=C/C(=O)Nc1ccc(C(=O)Nc2cccc(Nc3ncc(Cl)c(-c4ccc5ccn(C)c5n4)n3)c2)cc1. The highest BCUT2D eigenvalue weighted by molar-refractivity contribution is 6.32. The second-order valence-electron chi connectivity index (χ2n) is 9.82. The lowest BCUT2D eigenvalue weighted by Crippen LogP contribution is -2.13. The Labute approximate surface area is 248 Å². The van der Waals surface area contributed by atoms with Gasteiger partial charge in [-0.2, -0.15) is 0 Å². The summed E-state index contributed by atoms with van der Waals surface area (Å²) in [4.78, 5) is 40.5. The molecule has 0 spiro atoms. The van der Waals surface area contributed by atoms with Gasteiger partial charge in [-0.05, 0) is 74.8 Å². The summed E-state index contributed by atoms with van der Waals surface area (Å²) in [5, 5.41) is 10.2. The molecule has 0 saturated carbocycles. The number of amides is 2. The molecule has 11 heteroatoms. The fourth-order valence-electron chi connectivity index (χ4n) is 4.14. The number of aryl methyl sites for hydroxylation is 1. The fraction of sp³-hybridized carbons (Fsp3) is 0.129. The molecular formula is C31H29ClN8O2. The molecule has 2 amide bonds. The summed E-state index contributed by atoms with van der Waals surface area (Å²) in [5.74, 6) is -0.187. The van der Waals surface area contributed by atoms with Gasteiger partial charge in [-0.1, -0.05) is 23.7 Å². The number of likely N-dealkylation sites (N-methyl/N-ethyl adjacent to an activating group) is 1. The molecular weight excluding hydrogens is 552 g/mol. The first-order chi connectivity index (χ1) is 20.2. The summed E-state index contributed by atoms with van der Waals surface area (Å²) in [5.41, 5.74) is 4.26. The van der Waals surface area contributed by atoms with E-state index in [0.29, 0.717) is 51.5 Å². The normalized spacial score (nSPS) is 11.3. The minimum atomic E-state index is -0.289. The maximum atomic E-state index is 12.9. The average Bonchev–Trinajstić information content (AvgIpc) is 3.34. The van der Waals surface area contributed by atoms with Crippen LogP contribution in [0.15, 0.2) is 91.3 Å². The topological polar surface area (TPSA) is 117 Å². The first-order valence-electron chi connectivity index (χ1n) is 13.1. The molecule has 0 atom stereocenters. The predicted octanol–water partition coefficient (Wildman–Crippen LogP) is 5.74. The summed E-state index contributed by atoms with van der Waals surface area (Å²) in [7, 11) is 5.78. The molecule has 3 aromatic heterocycles. The number of aromatic nitrogens is 4. The molecule has 5 rings (SSSR count). The van der Waals surface area contributed by atoms with E-state index in [4.69, 9.17) is 16.6 Å². The van der Waals surface area contributed by atoms with Gasteiger partial charge < -0.3 is 25.4 Å². The Kier molecular flexibility index (Phi) is 8.56. The zero-order chi connectivity index (χ0) is 29.6. The van der Waals surface area contributed by atoms with Crippen LogP contribution in [0.25, 0.3) is 22.4 Å². The van der Waals surface area contributed by atoms with Crippen molar-refractivity contribution in [3.8, 4) is 11.4 Å². The highest BCUT2D eigenvalue weighted by Crippen LogP contribution is 2.28. The molecule has 0 saturated heterocycles. The largest absolute Gasteiger partial charge is 0.336 e. The zero-order valence-corrected chi connectivity index (χ0v) is 24.1. The van der Waals surface area contributed by atoms with E-state index in [1.165, 1.54) is 12.3 Å². The van der Waals surface area contributed by atoms with Crippen LogP contribution >= 0.6 is 11.6 Å². The van der Waals surface area contributed by atoms with Crippen LogP contribution in [0.1, 0.15) is 10.4 Å². The maximum absolute atomic E-state index is 12.9. The summed E-state index contributed by atoms with van der Waals surface area (Å²) < 4.78 is 1.94. The number of benzene rings is 2. The van der Waals surface area contributed by atoms with Crippen molar-refractivity contribution in [1.29, 1.82) is 0 Å². The molecule has 3 N–H and O–H groups in total. The number of halogens is 1. The lowest BCUT2D eigenvalue weighted by Gasteiger charge is -2.11. The third kappa shape index (κ3) is 6.98. The third-order valence-corrected chi connectivity index (χ3v) is 6.51. The molecule has 0 aliphatic carbocycles. The van der Waals surface area contributed by atoms with Crippen LogP contribution < -0.4 is 16.0 Å². The smallest absolute Gasteiger partial charge is 0.255 e. The zero-order valence-electron chi connectivity index (χ0n) is 23.3. The monoisotopic (exact) mass is 580 g/mol. The molecule has 0 fully saturated rings. The molecule has 0 aliphatic heterocycles. The molecule has 2 aromatic carbocycles. The van der Waals surface area contributed by atoms with Crippen LogP contribution in [0.2, 0.25) is 5.02 Å². The van der Waals surface area contributed by atoms with Gasteiger partial charge in [-0.25, -0.2) is 15.0 Å². The second-order valence-corrected chi connectivity index (χ2v) is 10.2. The van der Waals surface area contributed by atoms with Crippen molar-refractivity contribution < 1.29 is 9.59 Å². The lowest BCUT2D eigenvalue weighted by atomic mass is 10.2. The van der Waals surface area contributed by atoms with Crippen LogP contribution in [0.5, 0.6) is 0 Å². The molecule has 3 heterocycles. The fourth-order valence-corrected chi connectivity index (χ4v) is 4.33. The van der Waals surface area contributed by atoms with Gasteiger partial charge in [-0.3, -0.25) is 9.59 Å². The number of hydrogen-bond donors (Lipinski definition) is 3. The van der Waals surface area contributed by atoms with Crippen LogP contribution in [0, 0.1) is 0 Å². The minimum Gasteiger partial charge on any atom is -0.336 e. The number of hydrogen-bond acceptors (Lipinski definition) is 7. The lowest BCUT2D eigenvalue weighted by molar-refractivity contribution is -0.111. The molecule has 0 bridgehead atoms. The van der Waals surface area contributed by atoms with Gasteiger partial charge in [0.05, 0.1) is 16.9 Å². The molecule has 0 radical (unpaired) electrons. The van der Waals surface area contributed by atoms with Crippen LogP contribution in [0.4, 0.5) is 23.0 Å². The molecule has 10 nitrogen and oxygen atoms in total. The Balaban J connectivity index is 1.24. The number of pyridine rings is 1. The van der Waals surface area contributed by atoms with Gasteiger partial charge in [0.1, 0.15) is 11.3 Å². The summed E-state index contributed by atoms with van der Waals surface area (Å²) in [6.07, 6.45) is 6.74. The van der Waals surface area contributed by atoms with Gasteiger partial charge in [-0.15, -0.1) is 0 Å². The van der Waals surface area contributed by atoms with Crippen LogP contribution in [-0.2, 0) is 11.8 Å². The van der Waals surface area contributed by atoms with E-state index >= 15 is 0 Å². The number of nitrogens with zero attached hydrogens (tertiary/aromatic N) is 5. The van der Waals surface area contributed by atoms with Crippen molar-refractivity contribution in [2.75, 3.05) is 36.6 Å². The number of rotatable bonds is 9. The van der Waals surface area contributed by atoms with E-state index < -0.39 is 0 Å². The van der Waals surface area contributed by atoms with Crippen molar-refractivity contribution in [1.82, 2.24) is 24.4 Å². The van der Waals surface area contributed by atoms with Crippen LogP contribution in [0.3, 0.4) is 0 Å². The first-order valence-corrected chi connectivity index (χ1v) is 13.5. The van der Waals surface area contributed by atoms with Gasteiger partial charge in [0.25, 0.3) is 5.91 Å². The maximum Gasteiger partial charge on any atom is 0.255 e. The van der Waals surface area contributed by atoms with Gasteiger partial charge in [0.15, 0.2) is 0 Å². The summed E-state index contributed by atoms with van der Waals surface area (Å²) in [6.45, 7) is 0.666. The van der Waals surface area contributed by atoms with E-state index in [1.54, 1.807) is 42.5 Å². The number of nitrogens with one attached hydrogen (secondary N) is 3. The van der Waals surface area contributed by atoms with Gasteiger partial charge in [0, 0.05) is 53.9 Å². The Bertz CT molecular complexity index is 1780. The number of carbonyl (C=O) groups excluding carboxylic acids is 2. The quantitative estimate of drug-likeness (QED) is 0.190. The van der Waals surface area contributed by atoms with Crippen molar-refractivity contribution >= 4 is 57.5 Å². The number of carbonyl (C=O) groups is 2. The van der Waals surface area contributed by atoms with Crippen molar-refractivity contribution in [2.24, 2.45) is 7.05 Å². The van der Waals surface area contributed by atoms with E-state index in [-0.39, 0.29) is 11.8 Å². The molecule has 212 valence electrons. The molecule has 5 aromatic rings. The predicted molar refractivity (Wildman–Crippen MR) is 167 cm³/mol. The van der Waals surface area contributed by atoms with E-state index in [9.17, 15) is 9.59 Å². The van der Waals surface area contributed by atoms with E-state index in [0.717, 1.165) is 11.0 Å². The summed E-state index contributed by atoms with van der Waals surface area (Å²) in [6, 6.07) is 19.7. The molecule has 42 heavy (non-hydrogen) atoms. The average molecular weight is 581 g/mol. The molecule has 0 aliphatic rings. The van der Waals surface area contributed by atoms with Crippen LogP contribution in [-0.4, -0.2) is 56.9 Å². The Morgan fingerprint density at radius 3 is 2.52 bits per heavy atom. The first kappa shape index (κ1) is 28.5. The summed E-state index contributed by atoms with van der Waals surface area (Å²) >= 11 is 6.43. The number of anilines is 4. The van der Waals surface area contributed by atoms with Gasteiger partial charge in [0.2, 0.25) is 11.9 Å². The Morgan fingerprint density at radius 1 is 0.952 bits per heavy atom. The van der Waals surface area contributed by atoms with E-state index in [2.05, 4.69) is 25.9 Å². The standard InChI is InChI=1S/C31H29ClN8O2/c1-39(2)16-5-8-27(41)34-22-12-9-21(10-13-22)30(42)35-23-6-4-7-24(18-23)36-31-33-19-25(32)28(38-31)26-14-11-20-15-17-40(3)29(20)37-26/h4-15,17-19H,16H2,1-3H3,(H,34,41)(H,35,42)(H,33,36,38)/b8-5+. The minimum absolute atomic E-state index is 0.233. The Hall–Kier alpha value is -5.06. The van der Waals surface area contributed by atoms with Crippen molar-refractivity contribution in [3.05, 3.63) is 102 Å². The van der Waals surface area contributed by atoms with Gasteiger partial charge >= 0.3 is 0 Å². The van der Waals surface area contributed by atoms with E-state index in [1.807, 2.05) is 67.1 Å². The van der Waals surface area contributed by atoms with Crippen molar-refractivity contribution in [2.45, 2.75) is 0 Å². The second kappa shape index (κ2) is 12.6. The highest BCUT2D eigenvalue weighted by Gasteiger charge is 2.13. The third-order valence-electron chi connectivity index (χ3n) is 6.23. The van der Waals surface area contributed by atoms with Crippen molar-refractivity contribution in [3.63, 3.8) is 0 Å². The Morgan fingerprint density at radius 2 is 1.74 bits per heavy atom. The molecule has 0 unspecified atom stereocenters. The highest BCUT2D eigenvalue weighted by atomic mass is 35.5.